The van der Waals surface area contributed by atoms with Crippen molar-refractivity contribution in [2.75, 3.05) is 0 Å². The van der Waals surface area contributed by atoms with Gasteiger partial charge in [-0.25, -0.2) is 0 Å². The van der Waals surface area contributed by atoms with Crippen LogP contribution in [0.4, 0.5) is 0 Å². The number of halogens is 1. The molecule has 1 aromatic carbocycles. The number of hydrogen-bond acceptors (Lipinski definition) is 0. The molecule has 3 heteroatoms. The molecular weight excluding hydrogens is 304 g/mol. The van der Waals surface area contributed by atoms with E-state index in [1.165, 1.54) is 9.65 Å². The molecule has 0 bridgehead atoms. The van der Waals surface area contributed by atoms with Gasteiger partial charge < -0.3 is 24.0 Å². The Morgan fingerprint density at radius 2 is 2.00 bits per heavy atom. The van der Waals surface area contributed by atoms with E-state index in [0.717, 1.165) is 0 Å². The molecule has 0 aliphatic carbocycles. The second-order valence-electron chi connectivity index (χ2n) is 1.90. The zero-order chi connectivity index (χ0) is 6.10. The van der Waals surface area contributed by atoms with Crippen LogP contribution in [0, 0.1) is 0 Å². The van der Waals surface area contributed by atoms with Crippen molar-refractivity contribution in [1.29, 1.82) is 0 Å². The van der Waals surface area contributed by atoms with Crippen LogP contribution in [0.2, 0.25) is 0 Å². The Kier molecular flexibility index (Phi) is 2.89. The van der Waals surface area contributed by atoms with Crippen LogP contribution in [0.15, 0.2) is 30.5 Å². The van der Waals surface area contributed by atoms with E-state index in [-0.39, 0.29) is 24.0 Å². The number of nitrogens with one attached hydrogen (secondary N) is 1. The van der Waals surface area contributed by atoms with Gasteiger partial charge in [0.05, 0.1) is 0 Å². The third kappa shape index (κ3) is 1.41. The van der Waals surface area contributed by atoms with E-state index in [2.05, 4.69) is 34.4 Å². The summed E-state index contributed by atoms with van der Waals surface area (Å²) < 4.78 is 4.69. The molecule has 0 saturated carbocycles. The van der Waals surface area contributed by atoms with Crippen LogP contribution < -0.4 is 28.0 Å². The summed E-state index contributed by atoms with van der Waals surface area (Å²) in [6, 6.07) is 8.46. The second-order valence-corrected chi connectivity index (χ2v) is 3.75. The molecule has 1 aromatic heterocycles. The molecule has 0 fully saturated rings. The first-order valence-electron chi connectivity index (χ1n) is 2.81. The number of hydrogen-bond donors (Lipinski definition) is 0. The second kappa shape index (κ2) is 3.51. The van der Waals surface area contributed by atoms with E-state index >= 15 is 0 Å². The van der Waals surface area contributed by atoms with Crippen LogP contribution in [0.3, 0.4) is 0 Å². The van der Waals surface area contributed by atoms with E-state index in [1.54, 1.807) is 0 Å². The molecule has 0 aliphatic rings. The molecule has 52 valence electrons. The fourth-order valence-corrected chi connectivity index (χ4v) is 2.33. The fourth-order valence-electron chi connectivity index (χ4n) is 0.849. The predicted octanol–water partition coefficient (Wildman–Crippen LogP) is -2.29. The van der Waals surface area contributed by atoms with Crippen molar-refractivity contribution in [2.24, 2.45) is 0 Å². The first-order valence-corrected chi connectivity index (χ1v) is 4.53. The van der Waals surface area contributed by atoms with Crippen molar-refractivity contribution in [1.82, 2.24) is 0 Å². The van der Waals surface area contributed by atoms with Gasteiger partial charge in [-0.1, -0.05) is 0 Å². The van der Waals surface area contributed by atoms with Gasteiger partial charge in [-0.3, -0.25) is 0 Å². The zero-order valence-corrected chi connectivity index (χ0v) is 9.04. The number of fused-ring (bicyclic) bond motifs is 1. The molecular formula is C7H6INSe. The van der Waals surface area contributed by atoms with Crippen LogP contribution in [0.1, 0.15) is 0 Å². The molecule has 0 aliphatic heterocycles. The molecule has 10 heavy (non-hydrogen) atoms. The average molecular weight is 310 g/mol. The Balaban J connectivity index is 0.000000500. The minimum atomic E-state index is 0. The van der Waals surface area contributed by atoms with E-state index in [9.17, 15) is 0 Å². The van der Waals surface area contributed by atoms with E-state index in [4.69, 9.17) is 0 Å². The summed E-state index contributed by atoms with van der Waals surface area (Å²) in [7, 11) is 0. The molecule has 1 heterocycles. The number of aromatic amines is 1. The maximum atomic E-state index is 3.23. The van der Waals surface area contributed by atoms with Crippen molar-refractivity contribution < 1.29 is 28.0 Å². The predicted molar refractivity (Wildman–Crippen MR) is 37.4 cm³/mol. The normalized spacial score (nSPS) is 9.20. The summed E-state index contributed by atoms with van der Waals surface area (Å²) in [5.41, 5.74) is 0. The topological polar surface area (TPSA) is 14.1 Å². The number of rotatable bonds is 0. The summed E-state index contributed by atoms with van der Waals surface area (Å²) in [5, 5.41) is 1.36. The molecule has 1 N–H and O–H groups in total. The Hall–Kier alpha value is 0.139. The van der Waals surface area contributed by atoms with Crippen molar-refractivity contribution in [3.8, 4) is 0 Å². The molecule has 0 spiro atoms. The summed E-state index contributed by atoms with van der Waals surface area (Å²) in [6.07, 6.45) is 2.08. The first-order chi connectivity index (χ1) is 4.47. The standard InChI is InChI=1S/C7H5NSe.HI/c1-2-4-7-6(3-1)5-8-9-7;/h1-5H;1H. The third-order valence-electron chi connectivity index (χ3n) is 1.30. The first kappa shape index (κ1) is 8.24. The molecule has 0 unspecified atom stereocenters. The van der Waals surface area contributed by atoms with Crippen molar-refractivity contribution in [3.05, 3.63) is 30.5 Å². The van der Waals surface area contributed by atoms with Gasteiger partial charge in [0.25, 0.3) is 0 Å². The quantitative estimate of drug-likeness (QED) is 0.384. The molecule has 2 rings (SSSR count). The van der Waals surface area contributed by atoms with Gasteiger partial charge >= 0.3 is 58.8 Å². The molecule has 0 radical (unpaired) electrons. The SMILES string of the molecule is [I-].c1ccc2[se][nH+]cc2c1. The molecule has 2 aromatic rings. The van der Waals surface area contributed by atoms with Crippen LogP contribution in [-0.2, 0) is 0 Å². The van der Waals surface area contributed by atoms with E-state index in [0.29, 0.717) is 14.7 Å². The van der Waals surface area contributed by atoms with Crippen molar-refractivity contribution in [2.45, 2.75) is 0 Å². The number of benzene rings is 1. The number of aromatic nitrogens is 1. The van der Waals surface area contributed by atoms with Gasteiger partial charge in [0.1, 0.15) is 0 Å². The van der Waals surface area contributed by atoms with Crippen LogP contribution in [0.5, 0.6) is 0 Å². The van der Waals surface area contributed by atoms with Crippen LogP contribution >= 0.6 is 0 Å². The minimum absolute atomic E-state index is 0. The Labute approximate surface area is 82.5 Å². The van der Waals surface area contributed by atoms with Crippen molar-refractivity contribution in [3.63, 3.8) is 0 Å². The molecule has 0 amide bonds. The van der Waals surface area contributed by atoms with E-state index in [1.807, 2.05) is 0 Å². The van der Waals surface area contributed by atoms with Gasteiger partial charge in [0.15, 0.2) is 0 Å². The van der Waals surface area contributed by atoms with Gasteiger partial charge in [0.2, 0.25) is 0 Å². The van der Waals surface area contributed by atoms with Gasteiger partial charge in [-0.2, -0.15) is 0 Å². The van der Waals surface area contributed by atoms with E-state index < -0.39 is 0 Å². The average Bonchev–Trinajstić information content (AvgIpc) is 2.33. The Bertz CT molecular complexity index is 288. The van der Waals surface area contributed by atoms with Gasteiger partial charge in [-0.15, -0.1) is 0 Å². The molecule has 0 atom stereocenters. The Morgan fingerprint density at radius 1 is 1.20 bits per heavy atom. The zero-order valence-electron chi connectivity index (χ0n) is 5.17. The summed E-state index contributed by atoms with van der Waals surface area (Å²) in [6.45, 7) is 0. The summed E-state index contributed by atoms with van der Waals surface area (Å²) in [4.78, 5) is 0. The molecule has 0 saturated heterocycles. The number of H-pyrrole nitrogens is 1. The van der Waals surface area contributed by atoms with Crippen molar-refractivity contribution >= 4 is 24.4 Å². The van der Waals surface area contributed by atoms with Crippen LogP contribution in [-0.4, -0.2) is 14.7 Å². The molecule has 1 nitrogen and oxygen atoms in total. The monoisotopic (exact) mass is 311 g/mol. The maximum absolute atomic E-state index is 3.23. The summed E-state index contributed by atoms with van der Waals surface area (Å²) in [5.74, 6) is 0. The third-order valence-corrected chi connectivity index (χ3v) is 3.04. The Morgan fingerprint density at radius 3 is 2.80 bits per heavy atom. The fraction of sp³-hybridized carbons (Fsp3) is 0. The summed E-state index contributed by atoms with van der Waals surface area (Å²) >= 11 is 0.497. The van der Waals surface area contributed by atoms with Gasteiger partial charge in [0, 0.05) is 0 Å². The van der Waals surface area contributed by atoms with Crippen LogP contribution in [0.25, 0.3) is 9.65 Å². The van der Waals surface area contributed by atoms with Gasteiger partial charge in [-0.05, 0) is 0 Å².